The molecular formula is C54H35NO. The SMILES string of the molecule is c1ccc(-c2ccc(-c3cccc(N(c4ccc(-c5cc6ccccc6c6ccccc56)cc4)c4ccc5c(c4)oc4c6ccccc6ccc54)c3)cc2)cc1. The van der Waals surface area contributed by atoms with Gasteiger partial charge in [0.2, 0.25) is 0 Å². The van der Waals surface area contributed by atoms with E-state index in [-0.39, 0.29) is 0 Å². The standard InChI is InChI=1S/C54H35NO/c1-2-11-36(12-3-1)37-21-23-38(24-22-37)41-15-10-16-44(33-41)55(45-30-32-50-51-31-27-39-13-4-7-18-47(39)54(51)56-53(50)35-45)43-28-25-40(26-29-43)52-34-42-14-5-6-17-46(42)48-19-8-9-20-49(48)52/h1-35H. The van der Waals surface area contributed by atoms with Gasteiger partial charge in [-0.3, -0.25) is 0 Å². The highest BCUT2D eigenvalue weighted by atomic mass is 16.3. The Kier molecular flexibility index (Phi) is 7.53. The maximum Gasteiger partial charge on any atom is 0.143 e. The lowest BCUT2D eigenvalue weighted by Crippen LogP contribution is -2.10. The minimum absolute atomic E-state index is 0.866. The van der Waals surface area contributed by atoms with Crippen molar-refractivity contribution >= 4 is 71.3 Å². The van der Waals surface area contributed by atoms with E-state index in [9.17, 15) is 0 Å². The Morgan fingerprint density at radius 1 is 0.286 bits per heavy atom. The summed E-state index contributed by atoms with van der Waals surface area (Å²) in [6.07, 6.45) is 0. The second-order valence-corrected chi connectivity index (χ2v) is 14.5. The number of hydrogen-bond acceptors (Lipinski definition) is 2. The van der Waals surface area contributed by atoms with Crippen LogP contribution in [0.25, 0.3) is 87.6 Å². The van der Waals surface area contributed by atoms with Crippen molar-refractivity contribution in [3.63, 3.8) is 0 Å². The predicted octanol–water partition coefficient (Wildman–Crippen LogP) is 15.5. The average Bonchev–Trinajstić information content (AvgIpc) is 3.66. The van der Waals surface area contributed by atoms with E-state index in [0.29, 0.717) is 0 Å². The quantitative estimate of drug-likeness (QED) is 0.160. The molecule has 10 aromatic carbocycles. The summed E-state index contributed by atoms with van der Waals surface area (Å²) in [6, 6.07) is 76.4. The van der Waals surface area contributed by atoms with Crippen molar-refractivity contribution in [3.05, 3.63) is 212 Å². The Balaban J connectivity index is 1.05. The maximum atomic E-state index is 6.70. The van der Waals surface area contributed by atoms with Gasteiger partial charge in [-0.1, -0.05) is 158 Å². The number of benzene rings is 10. The Morgan fingerprint density at radius 3 is 1.66 bits per heavy atom. The zero-order chi connectivity index (χ0) is 37.0. The average molecular weight is 714 g/mol. The number of fused-ring (bicyclic) bond motifs is 8. The normalized spacial score (nSPS) is 11.6. The van der Waals surface area contributed by atoms with Crippen molar-refractivity contribution in [1.29, 1.82) is 0 Å². The van der Waals surface area contributed by atoms with E-state index in [2.05, 4.69) is 217 Å². The molecule has 0 saturated heterocycles. The van der Waals surface area contributed by atoms with Gasteiger partial charge in [-0.2, -0.15) is 0 Å². The Labute approximate surface area is 325 Å². The van der Waals surface area contributed by atoms with Gasteiger partial charge in [-0.15, -0.1) is 0 Å². The second-order valence-electron chi connectivity index (χ2n) is 14.5. The van der Waals surface area contributed by atoms with Crippen LogP contribution in [0.1, 0.15) is 0 Å². The van der Waals surface area contributed by atoms with Crippen LogP contribution in [0.3, 0.4) is 0 Å². The third-order valence-corrected chi connectivity index (χ3v) is 11.2. The van der Waals surface area contributed by atoms with Gasteiger partial charge in [0.25, 0.3) is 0 Å². The molecule has 2 heteroatoms. The number of furan rings is 1. The molecule has 0 N–H and O–H groups in total. The van der Waals surface area contributed by atoms with Crippen molar-refractivity contribution in [3.8, 4) is 33.4 Å². The first-order chi connectivity index (χ1) is 27.7. The highest BCUT2D eigenvalue weighted by Gasteiger charge is 2.18. The van der Waals surface area contributed by atoms with E-state index >= 15 is 0 Å². The molecule has 56 heavy (non-hydrogen) atoms. The van der Waals surface area contributed by atoms with E-state index in [1.165, 1.54) is 54.7 Å². The molecule has 0 fully saturated rings. The largest absolute Gasteiger partial charge is 0.455 e. The molecule has 1 aromatic heterocycles. The molecule has 0 atom stereocenters. The van der Waals surface area contributed by atoms with Crippen LogP contribution in [0, 0.1) is 0 Å². The van der Waals surface area contributed by atoms with Crippen molar-refractivity contribution in [1.82, 2.24) is 0 Å². The summed E-state index contributed by atoms with van der Waals surface area (Å²) in [4.78, 5) is 2.34. The lowest BCUT2D eigenvalue weighted by molar-refractivity contribution is 0.672. The predicted molar refractivity (Wildman–Crippen MR) is 237 cm³/mol. The molecule has 0 spiro atoms. The van der Waals surface area contributed by atoms with Crippen LogP contribution >= 0.6 is 0 Å². The lowest BCUT2D eigenvalue weighted by atomic mass is 9.93. The van der Waals surface area contributed by atoms with Gasteiger partial charge in [-0.25, -0.2) is 0 Å². The Morgan fingerprint density at radius 2 is 0.857 bits per heavy atom. The van der Waals surface area contributed by atoms with E-state index < -0.39 is 0 Å². The summed E-state index contributed by atoms with van der Waals surface area (Å²) in [5.41, 5.74) is 12.1. The monoisotopic (exact) mass is 713 g/mol. The van der Waals surface area contributed by atoms with Gasteiger partial charge in [0.1, 0.15) is 11.2 Å². The van der Waals surface area contributed by atoms with Gasteiger partial charge >= 0.3 is 0 Å². The fourth-order valence-electron chi connectivity index (χ4n) is 8.47. The summed E-state index contributed by atoms with van der Waals surface area (Å²) >= 11 is 0. The van der Waals surface area contributed by atoms with Gasteiger partial charge in [0, 0.05) is 39.3 Å². The molecule has 0 radical (unpaired) electrons. The topological polar surface area (TPSA) is 16.4 Å². The van der Waals surface area contributed by atoms with Gasteiger partial charge in [0.05, 0.1) is 0 Å². The van der Waals surface area contributed by atoms with Crippen molar-refractivity contribution < 1.29 is 4.42 Å². The van der Waals surface area contributed by atoms with Gasteiger partial charge < -0.3 is 9.32 Å². The van der Waals surface area contributed by atoms with Crippen molar-refractivity contribution in [2.45, 2.75) is 0 Å². The summed E-state index contributed by atoms with van der Waals surface area (Å²) in [7, 11) is 0. The Hall–Kier alpha value is -7.42. The number of anilines is 3. The zero-order valence-corrected chi connectivity index (χ0v) is 30.6. The van der Waals surface area contributed by atoms with Gasteiger partial charge in [0.15, 0.2) is 0 Å². The third kappa shape index (κ3) is 5.42. The smallest absolute Gasteiger partial charge is 0.143 e. The molecule has 11 rings (SSSR count). The second kappa shape index (κ2) is 13.2. The van der Waals surface area contributed by atoms with Crippen LogP contribution in [-0.2, 0) is 0 Å². The highest BCUT2D eigenvalue weighted by molar-refractivity contribution is 6.16. The summed E-state index contributed by atoms with van der Waals surface area (Å²) < 4.78 is 6.70. The summed E-state index contributed by atoms with van der Waals surface area (Å²) in [6.45, 7) is 0. The Bertz CT molecular complexity index is 3230. The molecule has 0 amide bonds. The molecule has 1 heterocycles. The third-order valence-electron chi connectivity index (χ3n) is 11.2. The molecule has 262 valence electrons. The van der Waals surface area contributed by atoms with Gasteiger partial charge in [-0.05, 0) is 109 Å². The van der Waals surface area contributed by atoms with Crippen LogP contribution < -0.4 is 4.90 Å². The van der Waals surface area contributed by atoms with Crippen molar-refractivity contribution in [2.75, 3.05) is 4.90 Å². The number of hydrogen-bond donors (Lipinski definition) is 0. The van der Waals surface area contributed by atoms with E-state index in [1.54, 1.807) is 0 Å². The lowest BCUT2D eigenvalue weighted by Gasteiger charge is -2.26. The minimum atomic E-state index is 0.866. The fraction of sp³-hybridized carbons (Fsp3) is 0. The van der Waals surface area contributed by atoms with Crippen LogP contribution in [0.5, 0.6) is 0 Å². The van der Waals surface area contributed by atoms with E-state index in [0.717, 1.165) is 50.0 Å². The van der Waals surface area contributed by atoms with E-state index in [1.807, 2.05) is 0 Å². The maximum absolute atomic E-state index is 6.70. The summed E-state index contributed by atoms with van der Waals surface area (Å²) in [5.74, 6) is 0. The van der Waals surface area contributed by atoms with Crippen LogP contribution in [-0.4, -0.2) is 0 Å². The van der Waals surface area contributed by atoms with E-state index in [4.69, 9.17) is 4.42 Å². The first-order valence-electron chi connectivity index (χ1n) is 19.2. The molecule has 0 saturated carbocycles. The molecular weight excluding hydrogens is 679 g/mol. The fourth-order valence-corrected chi connectivity index (χ4v) is 8.47. The van der Waals surface area contributed by atoms with Crippen LogP contribution in [0.2, 0.25) is 0 Å². The molecule has 0 aliphatic carbocycles. The minimum Gasteiger partial charge on any atom is -0.455 e. The van der Waals surface area contributed by atoms with Crippen LogP contribution in [0.15, 0.2) is 217 Å². The first kappa shape index (κ1) is 32.0. The molecule has 2 nitrogen and oxygen atoms in total. The molecule has 0 aliphatic heterocycles. The molecule has 11 aromatic rings. The molecule has 0 bridgehead atoms. The van der Waals surface area contributed by atoms with Crippen molar-refractivity contribution in [2.24, 2.45) is 0 Å². The molecule has 0 aliphatic rings. The zero-order valence-electron chi connectivity index (χ0n) is 30.6. The van der Waals surface area contributed by atoms with Crippen LogP contribution in [0.4, 0.5) is 17.1 Å². The number of rotatable bonds is 6. The highest BCUT2D eigenvalue weighted by Crippen LogP contribution is 2.42. The number of nitrogens with zero attached hydrogens (tertiary/aromatic N) is 1. The first-order valence-corrected chi connectivity index (χ1v) is 19.2. The summed E-state index contributed by atoms with van der Waals surface area (Å²) in [5, 5.41) is 9.59. The molecule has 0 unspecified atom stereocenters.